The molecule has 0 atom stereocenters. The van der Waals surface area contributed by atoms with Crippen molar-refractivity contribution in [3.05, 3.63) is 53.1 Å². The second kappa shape index (κ2) is 4.49. The summed E-state index contributed by atoms with van der Waals surface area (Å²) in [5, 5.41) is 0.635. The van der Waals surface area contributed by atoms with Gasteiger partial charge in [0.05, 0.1) is 6.54 Å². The third-order valence-electron chi connectivity index (χ3n) is 2.40. The number of hydrogen-bond acceptors (Lipinski definition) is 2. The van der Waals surface area contributed by atoms with Gasteiger partial charge in [-0.25, -0.2) is 4.98 Å². The molecule has 0 bridgehead atoms. The maximum absolute atomic E-state index is 11.9. The van der Waals surface area contributed by atoms with Crippen molar-refractivity contribution in [1.29, 1.82) is 0 Å². The molecule has 0 radical (unpaired) electrons. The molecule has 1 heterocycles. The summed E-state index contributed by atoms with van der Waals surface area (Å²) in [6, 6.07) is 6.90. The van der Waals surface area contributed by atoms with Gasteiger partial charge in [0, 0.05) is 23.0 Å². The minimum Gasteiger partial charge on any atom is -0.327 e. The highest BCUT2D eigenvalue weighted by Gasteiger charge is 2.07. The van der Waals surface area contributed by atoms with E-state index in [1.165, 1.54) is 0 Å². The van der Waals surface area contributed by atoms with E-state index < -0.39 is 0 Å². The Bertz CT molecular complexity index is 502. The van der Waals surface area contributed by atoms with E-state index in [-0.39, 0.29) is 5.78 Å². The highest BCUT2D eigenvalue weighted by atomic mass is 35.5. The van der Waals surface area contributed by atoms with Crippen LogP contribution < -0.4 is 0 Å². The molecule has 0 saturated heterocycles. The second-order valence-corrected chi connectivity index (χ2v) is 3.97. The first-order valence-corrected chi connectivity index (χ1v) is 5.31. The van der Waals surface area contributed by atoms with Gasteiger partial charge in [-0.2, -0.15) is 0 Å². The standard InChI is InChI=1S/C12H11ClN2O/c1-9-14-6-7-15(9)8-12(16)10-2-4-11(13)5-3-10/h2-7H,8H2,1H3. The number of aromatic nitrogens is 2. The van der Waals surface area contributed by atoms with E-state index in [1.54, 1.807) is 36.7 Å². The molecule has 0 amide bonds. The molecule has 2 rings (SSSR count). The van der Waals surface area contributed by atoms with Gasteiger partial charge in [-0.3, -0.25) is 4.79 Å². The van der Waals surface area contributed by atoms with Crippen LogP contribution in [0.3, 0.4) is 0 Å². The summed E-state index contributed by atoms with van der Waals surface area (Å²) in [5.41, 5.74) is 0.664. The summed E-state index contributed by atoms with van der Waals surface area (Å²) in [6.07, 6.45) is 3.48. The summed E-state index contributed by atoms with van der Waals surface area (Å²) in [6.45, 7) is 2.18. The highest BCUT2D eigenvalue weighted by molar-refractivity contribution is 6.30. The van der Waals surface area contributed by atoms with Crippen molar-refractivity contribution in [2.45, 2.75) is 13.5 Å². The van der Waals surface area contributed by atoms with Crippen LogP contribution in [0.2, 0.25) is 5.02 Å². The first-order valence-electron chi connectivity index (χ1n) is 4.93. The van der Waals surface area contributed by atoms with Gasteiger partial charge in [0.15, 0.2) is 5.78 Å². The SMILES string of the molecule is Cc1nccn1CC(=O)c1ccc(Cl)cc1. The van der Waals surface area contributed by atoms with Crippen molar-refractivity contribution in [2.75, 3.05) is 0 Å². The Kier molecular flexibility index (Phi) is 3.06. The van der Waals surface area contributed by atoms with Crippen LogP contribution in [-0.2, 0) is 6.54 Å². The van der Waals surface area contributed by atoms with Crippen molar-refractivity contribution in [3.8, 4) is 0 Å². The van der Waals surface area contributed by atoms with Crippen LogP contribution in [0.1, 0.15) is 16.2 Å². The Morgan fingerprint density at radius 1 is 1.38 bits per heavy atom. The summed E-state index contributed by atoms with van der Waals surface area (Å²) in [4.78, 5) is 16.0. The zero-order valence-corrected chi connectivity index (χ0v) is 9.61. The average molecular weight is 235 g/mol. The Labute approximate surface area is 98.7 Å². The molecule has 0 fully saturated rings. The van der Waals surface area contributed by atoms with Crippen molar-refractivity contribution in [1.82, 2.24) is 9.55 Å². The quantitative estimate of drug-likeness (QED) is 0.766. The summed E-state index contributed by atoms with van der Waals surface area (Å²) >= 11 is 5.76. The van der Waals surface area contributed by atoms with Crippen LogP contribution in [-0.4, -0.2) is 15.3 Å². The van der Waals surface area contributed by atoms with Crippen LogP contribution in [0.15, 0.2) is 36.7 Å². The van der Waals surface area contributed by atoms with Gasteiger partial charge >= 0.3 is 0 Å². The number of hydrogen-bond donors (Lipinski definition) is 0. The number of rotatable bonds is 3. The zero-order valence-electron chi connectivity index (χ0n) is 8.85. The molecular formula is C12H11ClN2O. The van der Waals surface area contributed by atoms with Gasteiger partial charge in [0.2, 0.25) is 0 Å². The summed E-state index contributed by atoms with van der Waals surface area (Å²) < 4.78 is 1.82. The molecule has 16 heavy (non-hydrogen) atoms. The monoisotopic (exact) mass is 234 g/mol. The van der Waals surface area contributed by atoms with Gasteiger partial charge in [-0.05, 0) is 31.2 Å². The maximum Gasteiger partial charge on any atom is 0.182 e. The van der Waals surface area contributed by atoms with E-state index in [0.717, 1.165) is 5.82 Å². The Hall–Kier alpha value is -1.61. The van der Waals surface area contributed by atoms with E-state index in [9.17, 15) is 4.79 Å². The average Bonchev–Trinajstić information content (AvgIpc) is 2.65. The number of imidazole rings is 1. The van der Waals surface area contributed by atoms with Crippen LogP contribution in [0, 0.1) is 6.92 Å². The molecule has 0 unspecified atom stereocenters. The molecule has 0 aliphatic carbocycles. The molecular weight excluding hydrogens is 224 g/mol. The van der Waals surface area contributed by atoms with Crippen LogP contribution in [0.5, 0.6) is 0 Å². The number of carbonyl (C=O) groups is 1. The fourth-order valence-corrected chi connectivity index (χ4v) is 1.58. The van der Waals surface area contributed by atoms with E-state index in [2.05, 4.69) is 4.98 Å². The first-order chi connectivity index (χ1) is 7.66. The lowest BCUT2D eigenvalue weighted by atomic mass is 10.1. The maximum atomic E-state index is 11.9. The number of nitrogens with zero attached hydrogens (tertiary/aromatic N) is 2. The van der Waals surface area contributed by atoms with Gasteiger partial charge in [-0.1, -0.05) is 11.6 Å². The number of carbonyl (C=O) groups excluding carboxylic acids is 1. The minimum absolute atomic E-state index is 0.0535. The molecule has 0 saturated carbocycles. The fourth-order valence-electron chi connectivity index (χ4n) is 1.45. The number of halogens is 1. The van der Waals surface area contributed by atoms with E-state index in [1.807, 2.05) is 11.5 Å². The van der Waals surface area contributed by atoms with Gasteiger partial charge < -0.3 is 4.57 Å². The van der Waals surface area contributed by atoms with Crippen LogP contribution >= 0.6 is 11.6 Å². The topological polar surface area (TPSA) is 34.9 Å². The van der Waals surface area contributed by atoms with Crippen molar-refractivity contribution in [2.24, 2.45) is 0 Å². The Balaban J connectivity index is 2.15. The molecule has 0 aliphatic rings. The van der Waals surface area contributed by atoms with Crippen molar-refractivity contribution < 1.29 is 4.79 Å². The predicted molar refractivity (Wildman–Crippen MR) is 62.7 cm³/mol. The lowest BCUT2D eigenvalue weighted by Gasteiger charge is -2.04. The smallest absolute Gasteiger partial charge is 0.182 e. The molecule has 0 N–H and O–H groups in total. The van der Waals surface area contributed by atoms with Gasteiger partial charge in [-0.15, -0.1) is 0 Å². The zero-order chi connectivity index (χ0) is 11.5. The van der Waals surface area contributed by atoms with Gasteiger partial charge in [0.1, 0.15) is 5.82 Å². The summed E-state index contributed by atoms with van der Waals surface area (Å²) in [5.74, 6) is 0.889. The molecule has 82 valence electrons. The Morgan fingerprint density at radius 2 is 2.06 bits per heavy atom. The molecule has 0 aliphatic heterocycles. The number of benzene rings is 1. The number of Topliss-reactive ketones (excluding diaryl/α,β-unsaturated/α-hetero) is 1. The number of ketones is 1. The molecule has 0 spiro atoms. The van der Waals surface area contributed by atoms with Crippen LogP contribution in [0.4, 0.5) is 0 Å². The fraction of sp³-hybridized carbons (Fsp3) is 0.167. The first kappa shape index (κ1) is 10.9. The van der Waals surface area contributed by atoms with Crippen molar-refractivity contribution >= 4 is 17.4 Å². The van der Waals surface area contributed by atoms with E-state index in [0.29, 0.717) is 17.1 Å². The molecule has 1 aromatic heterocycles. The lowest BCUT2D eigenvalue weighted by molar-refractivity contribution is 0.0971. The van der Waals surface area contributed by atoms with Crippen molar-refractivity contribution in [3.63, 3.8) is 0 Å². The van der Waals surface area contributed by atoms with Gasteiger partial charge in [0.25, 0.3) is 0 Å². The summed E-state index contributed by atoms with van der Waals surface area (Å²) in [7, 11) is 0. The third kappa shape index (κ3) is 2.31. The molecule has 3 nitrogen and oxygen atoms in total. The molecule has 4 heteroatoms. The predicted octanol–water partition coefficient (Wildman–Crippen LogP) is 2.73. The highest BCUT2D eigenvalue weighted by Crippen LogP contribution is 2.11. The largest absolute Gasteiger partial charge is 0.327 e. The van der Waals surface area contributed by atoms with Crippen LogP contribution in [0.25, 0.3) is 0 Å². The number of aryl methyl sites for hydroxylation is 1. The third-order valence-corrected chi connectivity index (χ3v) is 2.66. The normalized spacial score (nSPS) is 10.4. The van der Waals surface area contributed by atoms with E-state index >= 15 is 0 Å². The molecule has 2 aromatic rings. The second-order valence-electron chi connectivity index (χ2n) is 3.53. The Morgan fingerprint density at radius 3 is 2.62 bits per heavy atom. The molecule has 1 aromatic carbocycles. The minimum atomic E-state index is 0.0535. The lowest BCUT2D eigenvalue weighted by Crippen LogP contribution is -2.10. The van der Waals surface area contributed by atoms with E-state index in [4.69, 9.17) is 11.6 Å².